The molecule has 0 aliphatic carbocycles. The zero-order valence-corrected chi connectivity index (χ0v) is 15.5. The van der Waals surface area contributed by atoms with Gasteiger partial charge in [-0.15, -0.1) is 12.4 Å². The van der Waals surface area contributed by atoms with Gasteiger partial charge in [0.05, 0.1) is 17.6 Å². The lowest BCUT2D eigenvalue weighted by Gasteiger charge is -2.27. The molecule has 8 heteroatoms. The van der Waals surface area contributed by atoms with E-state index in [1.165, 1.54) is 13.2 Å². The summed E-state index contributed by atoms with van der Waals surface area (Å²) in [5.41, 5.74) is 1.00. The Morgan fingerprint density at radius 3 is 2.67 bits per heavy atom. The first kappa shape index (κ1) is 19.2. The molecule has 2 aliphatic heterocycles. The number of sulfonamides is 1. The van der Waals surface area contributed by atoms with Gasteiger partial charge in [-0.25, -0.2) is 13.2 Å². The third-order valence-electron chi connectivity index (χ3n) is 4.78. The lowest BCUT2D eigenvalue weighted by Crippen LogP contribution is -2.42. The molecule has 3 rings (SSSR count). The van der Waals surface area contributed by atoms with E-state index in [9.17, 15) is 13.2 Å². The van der Waals surface area contributed by atoms with Crippen LogP contribution in [0.5, 0.6) is 0 Å². The van der Waals surface area contributed by atoms with E-state index in [0.717, 1.165) is 25.8 Å². The molecule has 2 aliphatic rings. The highest BCUT2D eigenvalue weighted by molar-refractivity contribution is 7.89. The number of nitrogens with one attached hydrogen (secondary N) is 1. The van der Waals surface area contributed by atoms with E-state index in [-0.39, 0.29) is 29.4 Å². The predicted octanol–water partition coefficient (Wildman–Crippen LogP) is 1.72. The average molecular weight is 375 g/mol. The van der Waals surface area contributed by atoms with Gasteiger partial charge in [0.15, 0.2) is 0 Å². The summed E-state index contributed by atoms with van der Waals surface area (Å²) in [7, 11) is -2.32. The van der Waals surface area contributed by atoms with Crippen molar-refractivity contribution in [2.75, 3.05) is 20.2 Å². The number of carbonyl (C=O) groups excluding carboxylic acids is 1. The number of benzene rings is 1. The Balaban J connectivity index is 0.00000208. The molecule has 2 bridgehead atoms. The van der Waals surface area contributed by atoms with Gasteiger partial charge in [-0.3, -0.25) is 0 Å². The second-order valence-electron chi connectivity index (χ2n) is 6.18. The van der Waals surface area contributed by atoms with Gasteiger partial charge >= 0.3 is 5.97 Å². The molecule has 1 aromatic rings. The fourth-order valence-corrected chi connectivity index (χ4v) is 5.47. The van der Waals surface area contributed by atoms with Crippen LogP contribution in [0.25, 0.3) is 0 Å². The summed E-state index contributed by atoms with van der Waals surface area (Å²) in [6, 6.07) is 4.72. The number of fused-ring (bicyclic) bond motifs is 2. The van der Waals surface area contributed by atoms with Crippen LogP contribution >= 0.6 is 12.4 Å². The number of nitrogens with zero attached hydrogens (tertiary/aromatic N) is 1. The van der Waals surface area contributed by atoms with Crippen LogP contribution in [0.1, 0.15) is 35.2 Å². The Hall–Kier alpha value is -1.15. The van der Waals surface area contributed by atoms with Crippen LogP contribution in [0.3, 0.4) is 0 Å². The zero-order chi connectivity index (χ0) is 16.6. The van der Waals surface area contributed by atoms with E-state index >= 15 is 0 Å². The molecule has 0 amide bonds. The summed E-state index contributed by atoms with van der Waals surface area (Å²) < 4.78 is 32.6. The largest absolute Gasteiger partial charge is 0.465 e. The molecule has 2 atom stereocenters. The number of carbonyl (C=O) groups is 1. The van der Waals surface area contributed by atoms with Crippen LogP contribution in [0.2, 0.25) is 0 Å². The van der Waals surface area contributed by atoms with Crippen molar-refractivity contribution in [3.63, 3.8) is 0 Å². The fraction of sp³-hybridized carbons (Fsp3) is 0.562. The summed E-state index contributed by atoms with van der Waals surface area (Å²) >= 11 is 0. The predicted molar refractivity (Wildman–Crippen MR) is 93.1 cm³/mol. The molecule has 6 nitrogen and oxygen atoms in total. The molecule has 0 spiro atoms. The van der Waals surface area contributed by atoms with Crippen LogP contribution in [0.15, 0.2) is 23.1 Å². The molecule has 2 unspecified atom stereocenters. The van der Waals surface area contributed by atoms with E-state index in [1.54, 1.807) is 23.4 Å². The minimum absolute atomic E-state index is 0. The van der Waals surface area contributed by atoms with Crippen LogP contribution in [-0.4, -0.2) is 51.0 Å². The topological polar surface area (TPSA) is 75.7 Å². The second kappa shape index (κ2) is 7.39. The maximum atomic E-state index is 13.1. The Bertz CT molecular complexity index is 709. The van der Waals surface area contributed by atoms with Gasteiger partial charge in [0, 0.05) is 18.6 Å². The molecule has 0 radical (unpaired) electrons. The molecule has 0 saturated carbocycles. The number of hydrogen-bond donors (Lipinski definition) is 1. The molecule has 0 aromatic heterocycles. The SMILES string of the molecule is COC(=O)c1cc(S(=O)(=O)N2C3CCNCC2CC3)ccc1C.Cl. The summed E-state index contributed by atoms with van der Waals surface area (Å²) in [6.07, 6.45) is 2.61. The first-order valence-corrected chi connectivity index (χ1v) is 9.32. The van der Waals surface area contributed by atoms with Crippen molar-refractivity contribution < 1.29 is 17.9 Å². The van der Waals surface area contributed by atoms with Crippen molar-refractivity contribution in [3.05, 3.63) is 29.3 Å². The molecule has 2 saturated heterocycles. The number of methoxy groups -OCH3 is 1. The number of rotatable bonds is 3. The van der Waals surface area contributed by atoms with E-state index in [0.29, 0.717) is 17.7 Å². The third kappa shape index (κ3) is 3.31. The summed E-state index contributed by atoms with van der Waals surface area (Å²) in [5, 5.41) is 3.30. The van der Waals surface area contributed by atoms with Gasteiger partial charge in [0.2, 0.25) is 10.0 Å². The first-order valence-electron chi connectivity index (χ1n) is 7.88. The Morgan fingerprint density at radius 1 is 1.25 bits per heavy atom. The molecule has 1 N–H and O–H groups in total. The van der Waals surface area contributed by atoms with Crippen molar-refractivity contribution in [3.8, 4) is 0 Å². The number of aryl methyl sites for hydroxylation is 1. The van der Waals surface area contributed by atoms with Gasteiger partial charge in [0.1, 0.15) is 0 Å². The molecule has 24 heavy (non-hydrogen) atoms. The van der Waals surface area contributed by atoms with E-state index in [4.69, 9.17) is 4.74 Å². The highest BCUT2D eigenvalue weighted by Crippen LogP contribution is 2.34. The Morgan fingerprint density at radius 2 is 1.96 bits per heavy atom. The van der Waals surface area contributed by atoms with Crippen LogP contribution in [-0.2, 0) is 14.8 Å². The Kier molecular flexibility index (Phi) is 5.91. The van der Waals surface area contributed by atoms with Crippen LogP contribution < -0.4 is 5.32 Å². The van der Waals surface area contributed by atoms with Gasteiger partial charge in [-0.05, 0) is 50.4 Å². The standard InChI is InChI=1S/C16H22N2O4S.ClH/c1-11-3-6-14(9-15(11)16(19)22-2)23(20,21)18-12-4-5-13(18)10-17-8-7-12;/h3,6,9,12-13,17H,4-5,7-8,10H2,1-2H3;1H. The van der Waals surface area contributed by atoms with Gasteiger partial charge in [-0.2, -0.15) is 4.31 Å². The number of esters is 1. The smallest absolute Gasteiger partial charge is 0.338 e. The molecular formula is C16H23ClN2O4S. The molecule has 1 aromatic carbocycles. The molecule has 2 fully saturated rings. The highest BCUT2D eigenvalue weighted by atomic mass is 35.5. The van der Waals surface area contributed by atoms with Crippen molar-refractivity contribution in [2.45, 2.75) is 43.2 Å². The summed E-state index contributed by atoms with van der Waals surface area (Å²) in [4.78, 5) is 12.0. The minimum atomic E-state index is -3.62. The molecule has 134 valence electrons. The molecular weight excluding hydrogens is 352 g/mol. The van der Waals surface area contributed by atoms with Gasteiger partial charge in [0.25, 0.3) is 0 Å². The fourth-order valence-electron chi connectivity index (χ4n) is 3.54. The zero-order valence-electron chi connectivity index (χ0n) is 13.8. The normalized spacial score (nSPS) is 24.1. The lowest BCUT2D eigenvalue weighted by atomic mass is 10.1. The first-order chi connectivity index (χ1) is 10.9. The van der Waals surface area contributed by atoms with Crippen molar-refractivity contribution in [1.29, 1.82) is 0 Å². The average Bonchev–Trinajstić information content (AvgIpc) is 2.80. The van der Waals surface area contributed by atoms with Crippen molar-refractivity contribution in [1.82, 2.24) is 9.62 Å². The van der Waals surface area contributed by atoms with Gasteiger partial charge in [-0.1, -0.05) is 6.07 Å². The maximum Gasteiger partial charge on any atom is 0.338 e. The Labute approximate surface area is 149 Å². The quantitative estimate of drug-likeness (QED) is 0.815. The van der Waals surface area contributed by atoms with E-state index in [2.05, 4.69) is 5.32 Å². The van der Waals surface area contributed by atoms with Crippen LogP contribution in [0, 0.1) is 6.92 Å². The number of hydrogen-bond acceptors (Lipinski definition) is 5. The van der Waals surface area contributed by atoms with E-state index in [1.807, 2.05) is 0 Å². The number of ether oxygens (including phenoxy) is 1. The third-order valence-corrected chi connectivity index (χ3v) is 6.78. The van der Waals surface area contributed by atoms with Crippen LogP contribution in [0.4, 0.5) is 0 Å². The summed E-state index contributed by atoms with van der Waals surface area (Å²) in [5.74, 6) is -0.514. The lowest BCUT2D eigenvalue weighted by molar-refractivity contribution is 0.0599. The summed E-state index contributed by atoms with van der Waals surface area (Å²) in [6.45, 7) is 3.29. The maximum absolute atomic E-state index is 13.1. The van der Waals surface area contributed by atoms with E-state index < -0.39 is 16.0 Å². The van der Waals surface area contributed by atoms with Crippen molar-refractivity contribution >= 4 is 28.4 Å². The monoisotopic (exact) mass is 374 g/mol. The highest BCUT2D eigenvalue weighted by Gasteiger charge is 2.43. The minimum Gasteiger partial charge on any atom is -0.465 e. The van der Waals surface area contributed by atoms with Crippen molar-refractivity contribution in [2.24, 2.45) is 0 Å². The van der Waals surface area contributed by atoms with Gasteiger partial charge < -0.3 is 10.1 Å². The second-order valence-corrected chi connectivity index (χ2v) is 8.02. The number of halogens is 1. The molecule has 2 heterocycles.